The average molecular weight is 440 g/mol. The Morgan fingerprint density at radius 3 is 2.59 bits per heavy atom. The summed E-state index contributed by atoms with van der Waals surface area (Å²) in [5.41, 5.74) is 3.81. The van der Waals surface area contributed by atoms with Crippen molar-refractivity contribution in [2.75, 3.05) is 7.05 Å². The number of benzene rings is 2. The molecule has 0 saturated heterocycles. The van der Waals surface area contributed by atoms with Crippen molar-refractivity contribution in [3.63, 3.8) is 0 Å². The predicted octanol–water partition coefficient (Wildman–Crippen LogP) is 4.92. The number of aryl methyl sites for hydroxylation is 1. The van der Waals surface area contributed by atoms with Crippen molar-refractivity contribution in [1.82, 2.24) is 14.8 Å². The molecular formula is C26H34FN3O2. The molecule has 1 heterocycles. The molecule has 3 aromatic rings. The largest absolute Gasteiger partial charge is 0.353 e. The lowest BCUT2D eigenvalue weighted by atomic mass is 9.99. The highest BCUT2D eigenvalue weighted by Crippen LogP contribution is 2.32. The second-order valence-corrected chi connectivity index (χ2v) is 8.48. The first kappa shape index (κ1) is 23.7. The molecule has 172 valence electrons. The Morgan fingerprint density at radius 1 is 1.19 bits per heavy atom. The summed E-state index contributed by atoms with van der Waals surface area (Å²) in [5, 5.41) is 4.06. The topological polar surface area (TPSA) is 54.3 Å². The van der Waals surface area contributed by atoms with Gasteiger partial charge in [-0.05, 0) is 55.6 Å². The van der Waals surface area contributed by atoms with Crippen molar-refractivity contribution in [3.05, 3.63) is 60.0 Å². The van der Waals surface area contributed by atoms with Crippen LogP contribution in [-0.4, -0.2) is 41.3 Å². The van der Waals surface area contributed by atoms with E-state index in [4.69, 9.17) is 4.79 Å². The van der Waals surface area contributed by atoms with Crippen molar-refractivity contribution in [2.24, 2.45) is 7.05 Å². The number of aromatic nitrogens is 1. The third-order valence-corrected chi connectivity index (χ3v) is 6.41. The number of amides is 1. The second kappa shape index (κ2) is 10.6. The van der Waals surface area contributed by atoms with E-state index in [1.807, 2.05) is 55.8 Å². The van der Waals surface area contributed by atoms with Crippen LogP contribution in [0, 0.1) is 5.82 Å². The summed E-state index contributed by atoms with van der Waals surface area (Å²) < 4.78 is 16.6. The van der Waals surface area contributed by atoms with Crippen LogP contribution in [0.4, 0.5) is 4.39 Å². The minimum Gasteiger partial charge on any atom is -0.353 e. The van der Waals surface area contributed by atoms with Gasteiger partial charge in [0.2, 0.25) is 5.91 Å². The molecule has 1 saturated carbocycles. The maximum atomic E-state index is 14.6. The maximum absolute atomic E-state index is 14.6. The van der Waals surface area contributed by atoms with E-state index in [2.05, 4.69) is 29.4 Å². The van der Waals surface area contributed by atoms with Gasteiger partial charge in [-0.2, -0.15) is 0 Å². The highest BCUT2D eigenvalue weighted by molar-refractivity contribution is 5.95. The van der Waals surface area contributed by atoms with E-state index in [1.54, 1.807) is 6.07 Å². The molecule has 2 atom stereocenters. The van der Waals surface area contributed by atoms with Crippen LogP contribution in [0.1, 0.15) is 39.6 Å². The van der Waals surface area contributed by atoms with Crippen LogP contribution in [0.15, 0.2) is 48.7 Å². The Balaban J connectivity index is 0.00000125. The number of hydrogen-bond donors (Lipinski definition) is 1. The molecule has 1 fully saturated rings. The number of carbonyl (C=O) groups excluding carboxylic acids is 2. The maximum Gasteiger partial charge on any atom is 0.219 e. The highest BCUT2D eigenvalue weighted by atomic mass is 19.1. The Hall–Kier alpha value is -2.99. The van der Waals surface area contributed by atoms with Gasteiger partial charge in [-0.15, -0.1) is 0 Å². The zero-order valence-corrected chi connectivity index (χ0v) is 19.1. The van der Waals surface area contributed by atoms with Crippen LogP contribution in [0.25, 0.3) is 22.0 Å². The van der Waals surface area contributed by atoms with Crippen molar-refractivity contribution in [3.8, 4) is 11.1 Å². The molecule has 32 heavy (non-hydrogen) atoms. The number of fused-ring (bicyclic) bond motifs is 1. The number of halogens is 1. The lowest BCUT2D eigenvalue weighted by molar-refractivity contribution is -0.121. The molecule has 1 N–H and O–H groups in total. The summed E-state index contributed by atoms with van der Waals surface area (Å²) in [6, 6.07) is 14.4. The van der Waals surface area contributed by atoms with Crippen LogP contribution in [0.2, 0.25) is 0 Å². The van der Waals surface area contributed by atoms with Crippen LogP contribution in [0.5, 0.6) is 0 Å². The molecule has 4 rings (SSSR count). The van der Waals surface area contributed by atoms with Crippen LogP contribution in [-0.2, 0) is 23.2 Å². The molecule has 0 spiro atoms. The Bertz CT molecular complexity index is 1070. The fourth-order valence-electron chi connectivity index (χ4n) is 4.63. The molecule has 1 aromatic heterocycles. The van der Waals surface area contributed by atoms with Crippen LogP contribution >= 0.6 is 0 Å². The molecule has 0 unspecified atom stereocenters. The van der Waals surface area contributed by atoms with E-state index in [0.717, 1.165) is 42.3 Å². The van der Waals surface area contributed by atoms with E-state index in [9.17, 15) is 9.18 Å². The standard InChI is InChI=1S/C25H30FN3O.CH2O.H2/c1-4-24(30)27-19-9-10-20(15-19)29(3)16-17-5-7-18(8-6-17)25-21-13-14-28(2)23(21)12-11-22(25)26;1-2;/h5-8,11-14,19-20H,4,9-10,15-16H2,1-3H3,(H,27,30);1H2;1H/t19-,20+;;/m0../s1. The summed E-state index contributed by atoms with van der Waals surface area (Å²) in [7, 11) is 4.12. The van der Waals surface area contributed by atoms with E-state index in [0.29, 0.717) is 24.1 Å². The average Bonchev–Trinajstić information content (AvgIpc) is 3.42. The first-order valence-electron chi connectivity index (χ1n) is 11.1. The van der Waals surface area contributed by atoms with E-state index in [-0.39, 0.29) is 13.2 Å². The van der Waals surface area contributed by atoms with Gasteiger partial charge in [-0.3, -0.25) is 9.69 Å². The number of nitrogens with one attached hydrogen (secondary N) is 1. The van der Waals surface area contributed by atoms with Gasteiger partial charge in [0.25, 0.3) is 0 Å². The molecule has 6 heteroatoms. The zero-order valence-electron chi connectivity index (χ0n) is 19.1. The van der Waals surface area contributed by atoms with Gasteiger partial charge in [0.1, 0.15) is 12.6 Å². The summed E-state index contributed by atoms with van der Waals surface area (Å²) in [6.45, 7) is 4.74. The quantitative estimate of drug-likeness (QED) is 0.593. The molecule has 1 aliphatic carbocycles. The summed E-state index contributed by atoms with van der Waals surface area (Å²) in [5.74, 6) is -0.0516. The summed E-state index contributed by atoms with van der Waals surface area (Å²) in [6.07, 6.45) is 5.65. The third kappa shape index (κ3) is 5.07. The normalized spacial score (nSPS) is 17.9. The lowest BCUT2D eigenvalue weighted by Gasteiger charge is -2.24. The monoisotopic (exact) mass is 439 g/mol. The van der Waals surface area contributed by atoms with Gasteiger partial charge in [0.15, 0.2) is 0 Å². The lowest BCUT2D eigenvalue weighted by Crippen LogP contribution is -2.35. The van der Waals surface area contributed by atoms with Gasteiger partial charge in [-0.25, -0.2) is 4.39 Å². The van der Waals surface area contributed by atoms with Gasteiger partial charge >= 0.3 is 0 Å². The second-order valence-electron chi connectivity index (χ2n) is 8.48. The minimum atomic E-state index is -0.190. The Morgan fingerprint density at radius 2 is 1.91 bits per heavy atom. The number of rotatable bonds is 6. The van der Waals surface area contributed by atoms with E-state index < -0.39 is 0 Å². The van der Waals surface area contributed by atoms with Gasteiger partial charge < -0.3 is 14.7 Å². The highest BCUT2D eigenvalue weighted by Gasteiger charge is 2.28. The van der Waals surface area contributed by atoms with Crippen molar-refractivity contribution < 1.29 is 15.4 Å². The molecule has 5 nitrogen and oxygen atoms in total. The predicted molar refractivity (Wildman–Crippen MR) is 129 cm³/mol. The van der Waals surface area contributed by atoms with Crippen molar-refractivity contribution in [1.29, 1.82) is 0 Å². The van der Waals surface area contributed by atoms with Crippen molar-refractivity contribution in [2.45, 2.75) is 51.2 Å². The molecule has 0 aliphatic heterocycles. The van der Waals surface area contributed by atoms with E-state index >= 15 is 0 Å². The van der Waals surface area contributed by atoms with Gasteiger partial charge in [0.05, 0.1) is 0 Å². The summed E-state index contributed by atoms with van der Waals surface area (Å²) in [4.78, 5) is 22.0. The smallest absolute Gasteiger partial charge is 0.219 e. The fourth-order valence-corrected chi connectivity index (χ4v) is 4.63. The van der Waals surface area contributed by atoms with Crippen LogP contribution in [0.3, 0.4) is 0 Å². The number of hydrogen-bond acceptors (Lipinski definition) is 3. The molecule has 0 bridgehead atoms. The first-order valence-corrected chi connectivity index (χ1v) is 11.1. The van der Waals surface area contributed by atoms with Crippen LogP contribution < -0.4 is 5.32 Å². The van der Waals surface area contributed by atoms with E-state index in [1.165, 1.54) is 5.56 Å². The number of nitrogens with zero attached hydrogens (tertiary/aromatic N) is 2. The first-order chi connectivity index (χ1) is 15.5. The molecule has 1 amide bonds. The molecule has 2 aromatic carbocycles. The van der Waals surface area contributed by atoms with Gasteiger partial charge in [-0.1, -0.05) is 31.2 Å². The van der Waals surface area contributed by atoms with Crippen molar-refractivity contribution >= 4 is 23.6 Å². The number of carbonyl (C=O) groups is 2. The fraction of sp³-hybridized carbons (Fsp3) is 0.385. The van der Waals surface area contributed by atoms with Gasteiger partial charge in [0, 0.05) is 56.2 Å². The third-order valence-electron chi connectivity index (χ3n) is 6.41. The molecule has 1 aliphatic rings. The zero-order chi connectivity index (χ0) is 23.3. The molecule has 0 radical (unpaired) electrons. The Labute approximate surface area is 190 Å². The SMILES string of the molecule is C=O.CCC(=O)N[C@H]1CC[C@@H](N(C)Cc2ccc(-c3c(F)ccc4c3ccn4C)cc2)C1.[HH]. The molecular weight excluding hydrogens is 405 g/mol. The Kier molecular flexibility index (Phi) is 7.80. The summed E-state index contributed by atoms with van der Waals surface area (Å²) >= 11 is 0. The minimum absolute atomic E-state index is 0.